The second-order valence-corrected chi connectivity index (χ2v) is 4.79. The van der Waals surface area contributed by atoms with E-state index in [0.717, 1.165) is 11.1 Å². The molecule has 0 N–H and O–H groups in total. The van der Waals surface area contributed by atoms with Crippen LogP contribution in [0.3, 0.4) is 0 Å². The molecule has 0 bridgehead atoms. The summed E-state index contributed by atoms with van der Waals surface area (Å²) in [7, 11) is 0. The lowest BCUT2D eigenvalue weighted by molar-refractivity contribution is -0.118. The SMILES string of the molecule is CC(=O)C1OC1c1ccc(COc2ccccn2)cc1. The van der Waals surface area contributed by atoms with E-state index in [-0.39, 0.29) is 18.0 Å². The molecule has 1 aliphatic rings. The van der Waals surface area contributed by atoms with E-state index in [0.29, 0.717) is 12.5 Å². The van der Waals surface area contributed by atoms with Gasteiger partial charge in [-0.2, -0.15) is 0 Å². The number of nitrogens with zero attached hydrogens (tertiary/aromatic N) is 1. The summed E-state index contributed by atoms with van der Waals surface area (Å²) >= 11 is 0. The summed E-state index contributed by atoms with van der Waals surface area (Å²) in [6, 6.07) is 13.5. The van der Waals surface area contributed by atoms with Crippen molar-refractivity contribution in [3.05, 3.63) is 59.8 Å². The number of aromatic nitrogens is 1. The summed E-state index contributed by atoms with van der Waals surface area (Å²) in [5.74, 6) is 0.691. The number of ketones is 1. The third-order valence-corrected chi connectivity index (χ3v) is 3.22. The van der Waals surface area contributed by atoms with E-state index in [4.69, 9.17) is 9.47 Å². The van der Waals surface area contributed by atoms with Gasteiger partial charge in [-0.15, -0.1) is 0 Å². The first-order valence-electron chi connectivity index (χ1n) is 6.52. The fourth-order valence-corrected chi connectivity index (χ4v) is 2.07. The summed E-state index contributed by atoms with van der Waals surface area (Å²) in [6.07, 6.45) is 1.37. The third-order valence-electron chi connectivity index (χ3n) is 3.22. The second-order valence-electron chi connectivity index (χ2n) is 4.79. The molecule has 0 amide bonds. The average Bonchev–Trinajstić information content (AvgIpc) is 3.27. The van der Waals surface area contributed by atoms with Gasteiger partial charge in [0, 0.05) is 12.3 Å². The zero-order chi connectivity index (χ0) is 13.9. The van der Waals surface area contributed by atoms with Crippen LogP contribution in [0.1, 0.15) is 24.2 Å². The smallest absolute Gasteiger partial charge is 0.213 e. The Hall–Kier alpha value is -2.20. The van der Waals surface area contributed by atoms with Gasteiger partial charge in [0.2, 0.25) is 5.88 Å². The lowest BCUT2D eigenvalue weighted by atomic mass is 10.1. The molecule has 2 unspecified atom stereocenters. The van der Waals surface area contributed by atoms with Crippen LogP contribution >= 0.6 is 0 Å². The number of Topliss-reactive ketones (excluding diaryl/α,β-unsaturated/α-hetero) is 1. The molecular weight excluding hydrogens is 254 g/mol. The molecule has 0 saturated carbocycles. The highest BCUT2D eigenvalue weighted by Crippen LogP contribution is 2.39. The predicted molar refractivity (Wildman–Crippen MR) is 73.3 cm³/mol. The van der Waals surface area contributed by atoms with E-state index in [1.165, 1.54) is 0 Å². The minimum absolute atomic E-state index is 0.0711. The van der Waals surface area contributed by atoms with Crippen molar-refractivity contribution in [2.45, 2.75) is 25.7 Å². The normalized spacial score (nSPS) is 20.4. The Labute approximate surface area is 117 Å². The maximum atomic E-state index is 11.2. The molecule has 0 spiro atoms. The molecule has 4 heteroatoms. The summed E-state index contributed by atoms with van der Waals surface area (Å²) < 4.78 is 10.9. The van der Waals surface area contributed by atoms with Crippen LogP contribution in [0.5, 0.6) is 5.88 Å². The highest BCUT2D eigenvalue weighted by Gasteiger charge is 2.43. The summed E-state index contributed by atoms with van der Waals surface area (Å²) in [5.41, 5.74) is 2.09. The maximum Gasteiger partial charge on any atom is 0.213 e. The highest BCUT2D eigenvalue weighted by molar-refractivity contribution is 5.83. The quantitative estimate of drug-likeness (QED) is 0.783. The van der Waals surface area contributed by atoms with Gasteiger partial charge < -0.3 is 9.47 Å². The van der Waals surface area contributed by atoms with Crippen LogP contribution in [0.4, 0.5) is 0 Å². The molecule has 1 aliphatic heterocycles. The Morgan fingerprint density at radius 3 is 2.65 bits per heavy atom. The Morgan fingerprint density at radius 1 is 1.25 bits per heavy atom. The number of carbonyl (C=O) groups excluding carboxylic acids is 1. The van der Waals surface area contributed by atoms with Gasteiger partial charge in [-0.25, -0.2) is 4.98 Å². The van der Waals surface area contributed by atoms with Crippen LogP contribution in [0, 0.1) is 0 Å². The third kappa shape index (κ3) is 2.86. The highest BCUT2D eigenvalue weighted by atomic mass is 16.6. The molecule has 2 heterocycles. The van der Waals surface area contributed by atoms with E-state index in [9.17, 15) is 4.79 Å². The Balaban J connectivity index is 1.58. The summed E-state index contributed by atoms with van der Waals surface area (Å²) in [4.78, 5) is 15.3. The van der Waals surface area contributed by atoms with Gasteiger partial charge in [-0.05, 0) is 24.1 Å². The first-order chi connectivity index (χ1) is 9.74. The average molecular weight is 269 g/mol. The topological polar surface area (TPSA) is 51.7 Å². The van der Waals surface area contributed by atoms with Crippen LogP contribution in [0.15, 0.2) is 48.7 Å². The number of hydrogen-bond acceptors (Lipinski definition) is 4. The van der Waals surface area contributed by atoms with Gasteiger partial charge in [0.05, 0.1) is 0 Å². The Kier molecular flexibility index (Phi) is 3.48. The van der Waals surface area contributed by atoms with E-state index in [1.807, 2.05) is 42.5 Å². The minimum atomic E-state index is -0.259. The number of pyridine rings is 1. The molecular formula is C16H15NO3. The Morgan fingerprint density at radius 2 is 2.05 bits per heavy atom. The number of rotatable bonds is 5. The first kappa shape index (κ1) is 12.8. The van der Waals surface area contributed by atoms with Crippen molar-refractivity contribution in [3.8, 4) is 5.88 Å². The lowest BCUT2D eigenvalue weighted by Crippen LogP contribution is -2.01. The van der Waals surface area contributed by atoms with Crippen molar-refractivity contribution in [1.82, 2.24) is 4.98 Å². The molecule has 4 nitrogen and oxygen atoms in total. The number of benzene rings is 1. The number of hydrogen-bond donors (Lipinski definition) is 0. The number of ether oxygens (including phenoxy) is 2. The number of epoxide rings is 1. The van der Waals surface area contributed by atoms with E-state index < -0.39 is 0 Å². The minimum Gasteiger partial charge on any atom is -0.473 e. The predicted octanol–water partition coefficient (Wildman–Crippen LogP) is 2.69. The van der Waals surface area contributed by atoms with E-state index >= 15 is 0 Å². The van der Waals surface area contributed by atoms with Crippen molar-refractivity contribution in [2.75, 3.05) is 0 Å². The standard InChI is InChI=1S/C16H15NO3/c1-11(18)15-16(20-15)13-7-5-12(6-8-13)10-19-14-4-2-3-9-17-14/h2-9,15-16H,10H2,1H3. The molecule has 1 aromatic heterocycles. The van der Waals surface area contributed by atoms with Crippen molar-refractivity contribution in [2.24, 2.45) is 0 Å². The van der Waals surface area contributed by atoms with Gasteiger partial charge in [-0.1, -0.05) is 30.3 Å². The molecule has 2 atom stereocenters. The molecule has 3 rings (SSSR count). The fourth-order valence-electron chi connectivity index (χ4n) is 2.07. The van der Waals surface area contributed by atoms with Gasteiger partial charge >= 0.3 is 0 Å². The van der Waals surface area contributed by atoms with E-state index in [1.54, 1.807) is 13.1 Å². The summed E-state index contributed by atoms with van der Waals surface area (Å²) in [5, 5.41) is 0. The molecule has 1 saturated heterocycles. The molecule has 20 heavy (non-hydrogen) atoms. The van der Waals surface area contributed by atoms with Gasteiger partial charge in [0.15, 0.2) is 5.78 Å². The maximum absolute atomic E-state index is 11.2. The van der Waals surface area contributed by atoms with Crippen molar-refractivity contribution < 1.29 is 14.3 Å². The van der Waals surface area contributed by atoms with Gasteiger partial charge in [0.25, 0.3) is 0 Å². The van der Waals surface area contributed by atoms with Crippen LogP contribution < -0.4 is 4.74 Å². The van der Waals surface area contributed by atoms with E-state index in [2.05, 4.69) is 4.98 Å². The van der Waals surface area contributed by atoms with Crippen molar-refractivity contribution in [1.29, 1.82) is 0 Å². The molecule has 102 valence electrons. The van der Waals surface area contributed by atoms with Crippen LogP contribution in [-0.2, 0) is 16.1 Å². The molecule has 0 radical (unpaired) electrons. The monoisotopic (exact) mass is 269 g/mol. The largest absolute Gasteiger partial charge is 0.473 e. The molecule has 1 fully saturated rings. The van der Waals surface area contributed by atoms with Crippen LogP contribution in [0.2, 0.25) is 0 Å². The fraction of sp³-hybridized carbons (Fsp3) is 0.250. The molecule has 0 aliphatic carbocycles. The molecule has 1 aromatic carbocycles. The second kappa shape index (κ2) is 5.43. The Bertz CT molecular complexity index is 595. The van der Waals surface area contributed by atoms with Crippen molar-refractivity contribution in [3.63, 3.8) is 0 Å². The van der Waals surface area contributed by atoms with Gasteiger partial charge in [0.1, 0.15) is 18.8 Å². The number of carbonyl (C=O) groups is 1. The van der Waals surface area contributed by atoms with Gasteiger partial charge in [-0.3, -0.25) is 4.79 Å². The van der Waals surface area contributed by atoms with Crippen LogP contribution in [0.25, 0.3) is 0 Å². The van der Waals surface area contributed by atoms with Crippen LogP contribution in [-0.4, -0.2) is 16.9 Å². The zero-order valence-corrected chi connectivity index (χ0v) is 11.2. The van der Waals surface area contributed by atoms with Crippen molar-refractivity contribution >= 4 is 5.78 Å². The zero-order valence-electron chi connectivity index (χ0n) is 11.2. The summed E-state index contributed by atoms with van der Waals surface area (Å²) in [6.45, 7) is 2.03. The lowest BCUT2D eigenvalue weighted by Gasteiger charge is -2.05. The molecule has 2 aromatic rings. The first-order valence-corrected chi connectivity index (χ1v) is 6.52.